The third-order valence-electron chi connectivity index (χ3n) is 2.93. The molecule has 0 aliphatic rings. The number of H-pyrrole nitrogens is 1. The van der Waals surface area contributed by atoms with Crippen LogP contribution in [-0.2, 0) is 6.54 Å². The van der Waals surface area contributed by atoms with Gasteiger partial charge in [0, 0.05) is 5.56 Å². The first-order valence-corrected chi connectivity index (χ1v) is 6.90. The predicted octanol–water partition coefficient (Wildman–Crippen LogP) is 3.18. The smallest absolute Gasteiger partial charge is 0.131 e. The number of imidazole rings is 1. The number of aryl methyl sites for hydroxylation is 2. The fourth-order valence-corrected chi connectivity index (χ4v) is 2.76. The van der Waals surface area contributed by atoms with Gasteiger partial charge in [0.1, 0.15) is 21.9 Å². The van der Waals surface area contributed by atoms with Gasteiger partial charge < -0.3 is 15.0 Å². The van der Waals surface area contributed by atoms with Crippen molar-refractivity contribution in [2.75, 3.05) is 14.2 Å². The molecule has 0 bridgehead atoms. The lowest BCUT2D eigenvalue weighted by molar-refractivity contribution is 0.413. The van der Waals surface area contributed by atoms with Crippen LogP contribution in [0.25, 0.3) is 11.3 Å². The molecule has 2 N–H and O–H groups in total. The molecule has 19 heavy (non-hydrogen) atoms. The molecule has 0 saturated carbocycles. The van der Waals surface area contributed by atoms with Crippen LogP contribution >= 0.6 is 15.9 Å². The van der Waals surface area contributed by atoms with Crippen molar-refractivity contribution in [3.8, 4) is 17.0 Å². The summed E-state index contributed by atoms with van der Waals surface area (Å²) in [5, 5.41) is 3.08. The zero-order valence-corrected chi connectivity index (χ0v) is 13.2. The van der Waals surface area contributed by atoms with Gasteiger partial charge in [0.2, 0.25) is 0 Å². The van der Waals surface area contributed by atoms with Crippen molar-refractivity contribution in [1.29, 1.82) is 0 Å². The molecule has 0 aliphatic heterocycles. The monoisotopic (exact) mass is 323 g/mol. The van der Waals surface area contributed by atoms with Crippen LogP contribution in [0.3, 0.4) is 0 Å². The van der Waals surface area contributed by atoms with Gasteiger partial charge in [0.15, 0.2) is 0 Å². The van der Waals surface area contributed by atoms with E-state index in [9.17, 15) is 0 Å². The number of benzene rings is 1. The maximum atomic E-state index is 5.52. The summed E-state index contributed by atoms with van der Waals surface area (Å²) in [6.45, 7) is 4.82. The maximum absolute atomic E-state index is 5.52. The van der Waals surface area contributed by atoms with E-state index in [0.717, 1.165) is 33.0 Å². The van der Waals surface area contributed by atoms with Gasteiger partial charge in [-0.15, -0.1) is 0 Å². The number of ether oxygens (including phenoxy) is 1. The summed E-state index contributed by atoms with van der Waals surface area (Å²) in [6, 6.07) is 4.20. The second-order valence-corrected chi connectivity index (χ2v) is 5.33. The minimum atomic E-state index is 0.700. The Morgan fingerprint density at radius 1 is 1.37 bits per heavy atom. The number of aromatic nitrogens is 2. The Bertz CT molecular complexity index is 593. The van der Waals surface area contributed by atoms with Gasteiger partial charge in [-0.25, -0.2) is 4.98 Å². The molecule has 0 saturated heterocycles. The summed E-state index contributed by atoms with van der Waals surface area (Å²) in [4.78, 5) is 7.84. The highest BCUT2D eigenvalue weighted by molar-refractivity contribution is 9.10. The Morgan fingerprint density at radius 2 is 2.11 bits per heavy atom. The molecule has 0 aliphatic carbocycles. The van der Waals surface area contributed by atoms with Crippen LogP contribution in [0.2, 0.25) is 0 Å². The Labute approximate surface area is 121 Å². The topological polar surface area (TPSA) is 49.9 Å². The van der Waals surface area contributed by atoms with Crippen molar-refractivity contribution in [3.63, 3.8) is 0 Å². The zero-order chi connectivity index (χ0) is 14.0. The molecule has 102 valence electrons. The molecule has 1 heterocycles. The van der Waals surface area contributed by atoms with E-state index in [4.69, 9.17) is 4.74 Å². The van der Waals surface area contributed by atoms with Crippen molar-refractivity contribution < 1.29 is 4.74 Å². The third-order valence-corrected chi connectivity index (χ3v) is 3.50. The van der Waals surface area contributed by atoms with Gasteiger partial charge in [-0.1, -0.05) is 6.07 Å². The minimum Gasteiger partial charge on any atom is -0.496 e. The molecule has 0 amide bonds. The quantitative estimate of drug-likeness (QED) is 0.908. The number of methoxy groups -OCH3 is 1. The summed E-state index contributed by atoms with van der Waals surface area (Å²) in [6.07, 6.45) is 0. The molecule has 5 heteroatoms. The summed E-state index contributed by atoms with van der Waals surface area (Å²) >= 11 is 3.53. The SMILES string of the molecule is CNCc1nc(-c2cc(C)cc(C)c2OC)c(Br)[nH]1. The van der Waals surface area contributed by atoms with Crippen LogP contribution < -0.4 is 10.1 Å². The molecule has 1 aromatic heterocycles. The van der Waals surface area contributed by atoms with Gasteiger partial charge in [-0.05, 0) is 54.0 Å². The van der Waals surface area contributed by atoms with Crippen LogP contribution in [-0.4, -0.2) is 24.1 Å². The highest BCUT2D eigenvalue weighted by Gasteiger charge is 2.16. The summed E-state index contributed by atoms with van der Waals surface area (Å²) < 4.78 is 6.40. The number of halogens is 1. The molecule has 2 aromatic rings. The number of hydrogen-bond acceptors (Lipinski definition) is 3. The molecule has 0 atom stereocenters. The summed E-state index contributed by atoms with van der Waals surface area (Å²) in [5.41, 5.74) is 4.19. The zero-order valence-electron chi connectivity index (χ0n) is 11.6. The summed E-state index contributed by atoms with van der Waals surface area (Å²) in [5.74, 6) is 1.76. The van der Waals surface area contributed by atoms with E-state index < -0.39 is 0 Å². The van der Waals surface area contributed by atoms with E-state index in [1.807, 2.05) is 14.0 Å². The minimum absolute atomic E-state index is 0.700. The second-order valence-electron chi connectivity index (χ2n) is 4.54. The Balaban J connectivity index is 2.57. The van der Waals surface area contributed by atoms with Gasteiger partial charge in [0.05, 0.1) is 13.7 Å². The van der Waals surface area contributed by atoms with E-state index in [-0.39, 0.29) is 0 Å². The van der Waals surface area contributed by atoms with Crippen LogP contribution in [0.5, 0.6) is 5.75 Å². The molecular formula is C14H18BrN3O. The molecule has 0 radical (unpaired) electrons. The van der Waals surface area contributed by atoms with Crippen molar-refractivity contribution in [1.82, 2.24) is 15.3 Å². The molecular weight excluding hydrogens is 306 g/mol. The lowest BCUT2D eigenvalue weighted by atomic mass is 10.0. The van der Waals surface area contributed by atoms with Gasteiger partial charge >= 0.3 is 0 Å². The summed E-state index contributed by atoms with van der Waals surface area (Å²) in [7, 11) is 3.59. The molecule has 2 rings (SSSR count). The highest BCUT2D eigenvalue weighted by atomic mass is 79.9. The largest absolute Gasteiger partial charge is 0.496 e. The van der Waals surface area contributed by atoms with E-state index in [1.54, 1.807) is 7.11 Å². The highest BCUT2D eigenvalue weighted by Crippen LogP contribution is 2.36. The Kier molecular flexibility index (Phi) is 4.27. The van der Waals surface area contributed by atoms with E-state index >= 15 is 0 Å². The van der Waals surface area contributed by atoms with Crippen LogP contribution in [0.15, 0.2) is 16.7 Å². The molecule has 0 unspecified atom stereocenters. The van der Waals surface area contributed by atoms with E-state index in [2.05, 4.69) is 50.3 Å². The van der Waals surface area contributed by atoms with Crippen molar-refractivity contribution in [3.05, 3.63) is 33.7 Å². The lowest BCUT2D eigenvalue weighted by Gasteiger charge is -2.11. The Hall–Kier alpha value is -1.33. The first kappa shape index (κ1) is 14.1. The number of nitrogens with one attached hydrogen (secondary N) is 2. The number of rotatable bonds is 4. The second kappa shape index (κ2) is 5.75. The van der Waals surface area contributed by atoms with Gasteiger partial charge in [-0.2, -0.15) is 0 Å². The number of nitrogens with zero attached hydrogens (tertiary/aromatic N) is 1. The number of aromatic amines is 1. The van der Waals surface area contributed by atoms with E-state index in [0.29, 0.717) is 6.54 Å². The van der Waals surface area contributed by atoms with Crippen LogP contribution in [0, 0.1) is 13.8 Å². The predicted molar refractivity (Wildman–Crippen MR) is 80.5 cm³/mol. The lowest BCUT2D eigenvalue weighted by Crippen LogP contribution is -2.06. The van der Waals surface area contributed by atoms with Crippen LogP contribution in [0.1, 0.15) is 17.0 Å². The van der Waals surface area contributed by atoms with Crippen LogP contribution in [0.4, 0.5) is 0 Å². The standard InChI is InChI=1S/C14H18BrN3O/c1-8-5-9(2)13(19-4)10(6-8)12-14(15)18-11(17-12)7-16-3/h5-6,16H,7H2,1-4H3,(H,17,18). The molecule has 0 spiro atoms. The average molecular weight is 324 g/mol. The third kappa shape index (κ3) is 2.82. The van der Waals surface area contributed by atoms with Gasteiger partial charge in [0.25, 0.3) is 0 Å². The first-order valence-electron chi connectivity index (χ1n) is 6.11. The average Bonchev–Trinajstić information content (AvgIpc) is 2.70. The van der Waals surface area contributed by atoms with Crippen molar-refractivity contribution in [2.24, 2.45) is 0 Å². The molecule has 0 fully saturated rings. The normalized spacial score (nSPS) is 10.8. The number of hydrogen-bond donors (Lipinski definition) is 2. The maximum Gasteiger partial charge on any atom is 0.131 e. The fraction of sp³-hybridized carbons (Fsp3) is 0.357. The van der Waals surface area contributed by atoms with Gasteiger partial charge in [-0.3, -0.25) is 0 Å². The first-order chi connectivity index (χ1) is 9.06. The molecule has 4 nitrogen and oxygen atoms in total. The Morgan fingerprint density at radius 3 is 2.74 bits per heavy atom. The van der Waals surface area contributed by atoms with E-state index in [1.165, 1.54) is 5.56 Å². The fourth-order valence-electron chi connectivity index (χ4n) is 2.23. The van der Waals surface area contributed by atoms with Crippen molar-refractivity contribution in [2.45, 2.75) is 20.4 Å². The van der Waals surface area contributed by atoms with Crippen molar-refractivity contribution >= 4 is 15.9 Å². The molecule has 1 aromatic carbocycles.